The number of ether oxygens (including phenoxy) is 1. The van der Waals surface area contributed by atoms with Crippen LogP contribution in [-0.2, 0) is 21.4 Å². The van der Waals surface area contributed by atoms with Crippen molar-refractivity contribution in [2.24, 2.45) is 0 Å². The Morgan fingerprint density at radius 2 is 1.60 bits per heavy atom. The molecule has 3 rings (SSSR count). The van der Waals surface area contributed by atoms with Gasteiger partial charge in [-0.05, 0) is 47.5 Å². The van der Waals surface area contributed by atoms with Crippen LogP contribution in [0.3, 0.4) is 0 Å². The number of benzene rings is 3. The van der Waals surface area contributed by atoms with Gasteiger partial charge in [0.2, 0.25) is 15.9 Å². The molecule has 3 aromatic carbocycles. The zero-order valence-electron chi connectivity index (χ0n) is 17.4. The molecule has 30 heavy (non-hydrogen) atoms. The first kappa shape index (κ1) is 21.8. The summed E-state index contributed by atoms with van der Waals surface area (Å²) < 4.78 is 32.4. The number of carbonyl (C=O) groups excluding carboxylic acids is 1. The van der Waals surface area contributed by atoms with Crippen LogP contribution >= 0.6 is 0 Å². The van der Waals surface area contributed by atoms with Gasteiger partial charge in [-0.1, -0.05) is 42.5 Å². The van der Waals surface area contributed by atoms with E-state index in [0.717, 1.165) is 26.4 Å². The van der Waals surface area contributed by atoms with Crippen LogP contribution in [0.4, 0.5) is 0 Å². The lowest BCUT2D eigenvalue weighted by Gasteiger charge is -2.22. The third kappa shape index (κ3) is 4.98. The molecule has 0 saturated carbocycles. The fourth-order valence-electron chi connectivity index (χ4n) is 3.12. The van der Waals surface area contributed by atoms with Gasteiger partial charge < -0.3 is 9.64 Å². The molecule has 0 spiro atoms. The minimum absolute atomic E-state index is 0.172. The predicted molar refractivity (Wildman–Crippen MR) is 118 cm³/mol. The Balaban J connectivity index is 1.66. The molecule has 0 aliphatic rings. The van der Waals surface area contributed by atoms with Gasteiger partial charge in [-0.3, -0.25) is 4.79 Å². The number of likely N-dealkylation sites (N-methyl/N-ethyl adjacent to an activating group) is 2. The average Bonchev–Trinajstić information content (AvgIpc) is 2.74. The summed E-state index contributed by atoms with van der Waals surface area (Å²) in [6, 6.07) is 20.0. The normalized spacial score (nSPS) is 11.6. The van der Waals surface area contributed by atoms with Crippen molar-refractivity contribution >= 4 is 26.7 Å². The summed E-state index contributed by atoms with van der Waals surface area (Å²) in [4.78, 5) is 14.3. The van der Waals surface area contributed by atoms with Gasteiger partial charge in [-0.2, -0.15) is 4.31 Å². The third-order valence-electron chi connectivity index (χ3n) is 4.87. The number of fused-ring (bicyclic) bond motifs is 1. The Morgan fingerprint density at radius 3 is 2.27 bits per heavy atom. The molecule has 3 aromatic rings. The van der Waals surface area contributed by atoms with Gasteiger partial charge in [0, 0.05) is 20.6 Å². The van der Waals surface area contributed by atoms with Crippen LogP contribution < -0.4 is 4.74 Å². The lowest BCUT2D eigenvalue weighted by Crippen LogP contribution is -2.39. The fourth-order valence-corrected chi connectivity index (χ4v) is 4.28. The van der Waals surface area contributed by atoms with Crippen molar-refractivity contribution in [3.63, 3.8) is 0 Å². The number of hydrogen-bond donors (Lipinski definition) is 0. The molecule has 0 fully saturated rings. The lowest BCUT2D eigenvalue weighted by atomic mass is 10.1. The maximum absolute atomic E-state index is 12.9. The Labute approximate surface area is 177 Å². The van der Waals surface area contributed by atoms with Gasteiger partial charge in [0.05, 0.1) is 18.0 Å². The van der Waals surface area contributed by atoms with Crippen molar-refractivity contribution in [3.05, 3.63) is 72.3 Å². The van der Waals surface area contributed by atoms with Gasteiger partial charge in [0.25, 0.3) is 0 Å². The topological polar surface area (TPSA) is 66.9 Å². The van der Waals surface area contributed by atoms with E-state index in [2.05, 4.69) is 0 Å². The Kier molecular flexibility index (Phi) is 6.74. The smallest absolute Gasteiger partial charge is 0.243 e. The van der Waals surface area contributed by atoms with Crippen molar-refractivity contribution in [3.8, 4) is 5.75 Å². The molecule has 0 aromatic heterocycles. The quantitative estimate of drug-likeness (QED) is 0.553. The monoisotopic (exact) mass is 426 g/mol. The summed E-state index contributed by atoms with van der Waals surface area (Å²) in [7, 11) is -0.689. The number of rotatable bonds is 8. The first-order valence-corrected chi connectivity index (χ1v) is 11.2. The van der Waals surface area contributed by atoms with E-state index in [1.807, 2.05) is 55.5 Å². The summed E-state index contributed by atoms with van der Waals surface area (Å²) in [6.07, 6.45) is 0. The second-order valence-corrected chi connectivity index (χ2v) is 9.14. The van der Waals surface area contributed by atoms with Crippen LogP contribution in [0.25, 0.3) is 10.8 Å². The van der Waals surface area contributed by atoms with Gasteiger partial charge in [0.1, 0.15) is 5.75 Å². The summed E-state index contributed by atoms with van der Waals surface area (Å²) >= 11 is 0. The molecule has 0 saturated heterocycles. The molecule has 0 bridgehead atoms. The molecular weight excluding hydrogens is 400 g/mol. The molecule has 0 aliphatic carbocycles. The average molecular weight is 427 g/mol. The number of hydrogen-bond acceptors (Lipinski definition) is 4. The second-order valence-electron chi connectivity index (χ2n) is 7.10. The lowest BCUT2D eigenvalue weighted by molar-refractivity contribution is -0.130. The highest BCUT2D eigenvalue weighted by molar-refractivity contribution is 7.89. The van der Waals surface area contributed by atoms with E-state index in [-0.39, 0.29) is 17.3 Å². The molecule has 1 amide bonds. The molecule has 7 heteroatoms. The largest absolute Gasteiger partial charge is 0.494 e. The van der Waals surface area contributed by atoms with E-state index in [1.54, 1.807) is 25.2 Å². The highest BCUT2D eigenvalue weighted by atomic mass is 32.2. The number of carbonyl (C=O) groups is 1. The van der Waals surface area contributed by atoms with Gasteiger partial charge >= 0.3 is 0 Å². The summed E-state index contributed by atoms with van der Waals surface area (Å²) in [5.74, 6) is 0.493. The highest BCUT2D eigenvalue weighted by Gasteiger charge is 2.24. The number of amides is 1. The van der Waals surface area contributed by atoms with E-state index in [9.17, 15) is 13.2 Å². The van der Waals surface area contributed by atoms with E-state index in [4.69, 9.17) is 4.74 Å². The maximum atomic E-state index is 12.9. The Bertz CT molecular complexity index is 1130. The third-order valence-corrected chi connectivity index (χ3v) is 6.67. The summed E-state index contributed by atoms with van der Waals surface area (Å²) in [6.45, 7) is 2.66. The predicted octanol–water partition coefficient (Wildman–Crippen LogP) is 3.52. The van der Waals surface area contributed by atoms with E-state index < -0.39 is 10.0 Å². The molecule has 158 valence electrons. The van der Waals surface area contributed by atoms with E-state index in [1.165, 1.54) is 11.9 Å². The molecular formula is C23H26N2O4S. The minimum Gasteiger partial charge on any atom is -0.494 e. The molecule has 0 heterocycles. The summed E-state index contributed by atoms with van der Waals surface area (Å²) in [5.41, 5.74) is 0.939. The molecule has 0 N–H and O–H groups in total. The summed E-state index contributed by atoms with van der Waals surface area (Å²) in [5, 5.41) is 1.80. The molecule has 0 unspecified atom stereocenters. The fraction of sp³-hybridized carbons (Fsp3) is 0.261. The van der Waals surface area contributed by atoms with Crippen molar-refractivity contribution in [2.75, 3.05) is 27.2 Å². The SMILES string of the molecule is CCOc1ccc(CN(C)C(=O)CN(C)S(=O)(=O)c2ccc3ccccc3c2)cc1. The standard InChI is InChI=1S/C23H26N2O4S/c1-4-29-21-12-9-18(10-13-21)16-24(2)23(26)17-25(3)30(27,28)22-14-11-19-7-5-6-8-20(19)15-22/h5-15H,4,16-17H2,1-3H3. The molecule has 0 atom stereocenters. The van der Waals surface area contributed by atoms with Crippen LogP contribution in [-0.4, -0.2) is 50.8 Å². The van der Waals surface area contributed by atoms with Crippen LogP contribution in [0.2, 0.25) is 0 Å². The van der Waals surface area contributed by atoms with Gasteiger partial charge in [0.15, 0.2) is 0 Å². The van der Waals surface area contributed by atoms with Gasteiger partial charge in [-0.25, -0.2) is 8.42 Å². The van der Waals surface area contributed by atoms with Gasteiger partial charge in [-0.15, -0.1) is 0 Å². The Hall–Kier alpha value is -2.90. The molecule has 6 nitrogen and oxygen atoms in total. The van der Waals surface area contributed by atoms with Crippen molar-refractivity contribution < 1.29 is 17.9 Å². The Morgan fingerprint density at radius 1 is 0.933 bits per heavy atom. The van der Waals surface area contributed by atoms with Crippen LogP contribution in [0, 0.1) is 0 Å². The van der Waals surface area contributed by atoms with E-state index >= 15 is 0 Å². The number of nitrogens with zero attached hydrogens (tertiary/aromatic N) is 2. The highest BCUT2D eigenvalue weighted by Crippen LogP contribution is 2.21. The zero-order valence-corrected chi connectivity index (χ0v) is 18.2. The van der Waals surface area contributed by atoms with Crippen molar-refractivity contribution in [1.29, 1.82) is 0 Å². The molecule has 0 aliphatic heterocycles. The van der Waals surface area contributed by atoms with Crippen LogP contribution in [0.15, 0.2) is 71.6 Å². The number of sulfonamides is 1. The van der Waals surface area contributed by atoms with Crippen LogP contribution in [0.1, 0.15) is 12.5 Å². The first-order valence-electron chi connectivity index (χ1n) is 9.72. The molecule has 0 radical (unpaired) electrons. The zero-order chi connectivity index (χ0) is 21.7. The van der Waals surface area contributed by atoms with E-state index in [0.29, 0.717) is 13.2 Å². The second kappa shape index (κ2) is 9.28. The minimum atomic E-state index is -3.77. The van der Waals surface area contributed by atoms with Crippen LogP contribution in [0.5, 0.6) is 5.75 Å². The van der Waals surface area contributed by atoms with Crippen molar-refractivity contribution in [1.82, 2.24) is 9.21 Å². The maximum Gasteiger partial charge on any atom is 0.243 e. The first-order chi connectivity index (χ1) is 14.3. The van der Waals surface area contributed by atoms with Crippen molar-refractivity contribution in [2.45, 2.75) is 18.4 Å².